The molecular weight excluding hydrogens is 320 g/mol. The summed E-state index contributed by atoms with van der Waals surface area (Å²) < 4.78 is 28.2. The molecule has 25 heavy (non-hydrogen) atoms. The van der Waals surface area contributed by atoms with Crippen molar-refractivity contribution in [2.45, 2.75) is 0 Å². The second-order valence-electron chi connectivity index (χ2n) is 5.75. The molecule has 0 saturated carbocycles. The normalized spacial score (nSPS) is 11.0. The van der Waals surface area contributed by atoms with Gasteiger partial charge in [-0.15, -0.1) is 0 Å². The van der Waals surface area contributed by atoms with Gasteiger partial charge in [-0.05, 0) is 60.2 Å². The van der Waals surface area contributed by atoms with E-state index >= 15 is 0 Å². The van der Waals surface area contributed by atoms with Gasteiger partial charge in [0.2, 0.25) is 5.78 Å². The predicted molar refractivity (Wildman–Crippen MR) is 92.6 cm³/mol. The van der Waals surface area contributed by atoms with Crippen LogP contribution in [0.1, 0.15) is 16.1 Å². The molecule has 0 N–H and O–H groups in total. The van der Waals surface area contributed by atoms with Crippen LogP contribution in [0, 0.1) is 11.6 Å². The van der Waals surface area contributed by atoms with Gasteiger partial charge in [0.05, 0.1) is 0 Å². The van der Waals surface area contributed by atoms with Gasteiger partial charge in [-0.3, -0.25) is 4.79 Å². The van der Waals surface area contributed by atoms with Crippen molar-refractivity contribution >= 4 is 11.3 Å². The third-order valence-electron chi connectivity index (χ3n) is 4.16. The van der Waals surface area contributed by atoms with Crippen molar-refractivity contribution in [1.29, 1.82) is 0 Å². The van der Waals surface area contributed by atoms with Gasteiger partial charge in [-0.1, -0.05) is 18.2 Å². The molecule has 0 bridgehead atoms. The lowest BCUT2D eigenvalue weighted by molar-refractivity contribution is 0.103. The standard InChI is InChI=1S/C21H13F2NO/c22-16-8-4-14(5-9-16)19-13-18-3-1-2-12-24(18)20(19)21(25)15-6-10-17(23)11-7-15/h1-13H. The number of hydrogen-bond donors (Lipinski definition) is 0. The summed E-state index contributed by atoms with van der Waals surface area (Å²) in [6.07, 6.45) is 1.80. The number of aromatic nitrogens is 1. The molecule has 0 atom stereocenters. The average Bonchev–Trinajstić information content (AvgIpc) is 3.02. The molecule has 0 amide bonds. The minimum absolute atomic E-state index is 0.217. The number of fused-ring (bicyclic) bond motifs is 1. The Bertz CT molecular complexity index is 1060. The molecule has 4 heteroatoms. The number of ketones is 1. The van der Waals surface area contributed by atoms with Gasteiger partial charge < -0.3 is 4.40 Å². The van der Waals surface area contributed by atoms with Crippen LogP contribution in [0.5, 0.6) is 0 Å². The topological polar surface area (TPSA) is 21.5 Å². The van der Waals surface area contributed by atoms with Crippen LogP contribution in [0.2, 0.25) is 0 Å². The molecule has 0 aliphatic rings. The first-order valence-corrected chi connectivity index (χ1v) is 7.80. The highest BCUT2D eigenvalue weighted by atomic mass is 19.1. The maximum Gasteiger partial charge on any atom is 0.210 e. The molecule has 4 aromatic rings. The number of rotatable bonds is 3. The van der Waals surface area contributed by atoms with E-state index in [0.717, 1.165) is 11.1 Å². The van der Waals surface area contributed by atoms with Crippen molar-refractivity contribution in [3.63, 3.8) is 0 Å². The largest absolute Gasteiger partial charge is 0.313 e. The van der Waals surface area contributed by atoms with E-state index in [4.69, 9.17) is 0 Å². The molecule has 0 unspecified atom stereocenters. The van der Waals surface area contributed by atoms with Gasteiger partial charge in [0.25, 0.3) is 0 Å². The Labute approximate surface area is 143 Å². The van der Waals surface area contributed by atoms with E-state index in [0.29, 0.717) is 16.8 Å². The second kappa shape index (κ2) is 5.98. The summed E-state index contributed by atoms with van der Waals surface area (Å²) in [5.74, 6) is -0.945. The van der Waals surface area contributed by atoms with Crippen molar-refractivity contribution in [2.24, 2.45) is 0 Å². The zero-order valence-electron chi connectivity index (χ0n) is 13.1. The highest BCUT2D eigenvalue weighted by molar-refractivity contribution is 6.12. The van der Waals surface area contributed by atoms with Crippen LogP contribution in [0.3, 0.4) is 0 Å². The first kappa shape index (κ1) is 15.3. The maximum atomic E-state index is 13.3. The summed E-state index contributed by atoms with van der Waals surface area (Å²) >= 11 is 0. The maximum absolute atomic E-state index is 13.3. The number of nitrogens with zero attached hydrogens (tertiary/aromatic N) is 1. The first-order chi connectivity index (χ1) is 12.1. The molecule has 122 valence electrons. The Morgan fingerprint density at radius 3 is 2.12 bits per heavy atom. The van der Waals surface area contributed by atoms with Crippen molar-refractivity contribution in [3.8, 4) is 11.1 Å². The summed E-state index contributed by atoms with van der Waals surface area (Å²) in [7, 11) is 0. The number of pyridine rings is 1. The lowest BCUT2D eigenvalue weighted by Gasteiger charge is -2.07. The number of hydrogen-bond acceptors (Lipinski definition) is 1. The summed E-state index contributed by atoms with van der Waals surface area (Å²) in [5, 5.41) is 0. The van der Waals surface area contributed by atoms with Gasteiger partial charge in [0, 0.05) is 22.8 Å². The molecule has 0 spiro atoms. The molecule has 0 aliphatic heterocycles. The molecule has 0 radical (unpaired) electrons. The molecular formula is C21H13F2NO. The number of carbonyl (C=O) groups is 1. The number of halogens is 2. The Morgan fingerprint density at radius 1 is 0.800 bits per heavy atom. The van der Waals surface area contributed by atoms with E-state index in [1.54, 1.807) is 22.7 Å². The molecule has 2 nitrogen and oxygen atoms in total. The van der Waals surface area contributed by atoms with Gasteiger partial charge in [0.15, 0.2) is 0 Å². The fourth-order valence-electron chi connectivity index (χ4n) is 2.94. The summed E-state index contributed by atoms with van der Waals surface area (Å²) in [6, 6.07) is 19.0. The van der Waals surface area contributed by atoms with E-state index in [1.165, 1.54) is 36.4 Å². The van der Waals surface area contributed by atoms with Crippen LogP contribution in [-0.4, -0.2) is 10.2 Å². The Morgan fingerprint density at radius 2 is 1.44 bits per heavy atom. The average molecular weight is 333 g/mol. The van der Waals surface area contributed by atoms with Crippen LogP contribution in [0.4, 0.5) is 8.78 Å². The molecule has 0 saturated heterocycles. The van der Waals surface area contributed by atoms with E-state index in [9.17, 15) is 13.6 Å². The fraction of sp³-hybridized carbons (Fsp3) is 0. The van der Waals surface area contributed by atoms with E-state index < -0.39 is 5.82 Å². The van der Waals surface area contributed by atoms with Crippen molar-refractivity contribution in [1.82, 2.24) is 4.40 Å². The SMILES string of the molecule is O=C(c1ccc(F)cc1)c1c(-c2ccc(F)cc2)cc2ccccn12. The van der Waals surface area contributed by atoms with Crippen LogP contribution >= 0.6 is 0 Å². The number of benzene rings is 2. The van der Waals surface area contributed by atoms with E-state index in [1.807, 2.05) is 24.3 Å². The molecule has 4 rings (SSSR count). The second-order valence-corrected chi connectivity index (χ2v) is 5.75. The molecule has 2 aromatic heterocycles. The quantitative estimate of drug-likeness (QED) is 0.477. The van der Waals surface area contributed by atoms with E-state index in [-0.39, 0.29) is 11.6 Å². The van der Waals surface area contributed by atoms with Crippen LogP contribution in [0.25, 0.3) is 16.6 Å². The molecule has 2 heterocycles. The summed E-state index contributed by atoms with van der Waals surface area (Å²) in [4.78, 5) is 13.1. The predicted octanol–water partition coefficient (Wildman–Crippen LogP) is 5.12. The molecule has 0 aliphatic carbocycles. The van der Waals surface area contributed by atoms with Gasteiger partial charge in [-0.2, -0.15) is 0 Å². The highest BCUT2D eigenvalue weighted by Crippen LogP contribution is 2.30. The molecule has 0 fully saturated rings. The van der Waals surface area contributed by atoms with Crippen molar-refractivity contribution in [2.75, 3.05) is 0 Å². The lowest BCUT2D eigenvalue weighted by Crippen LogP contribution is -2.06. The summed E-state index contributed by atoms with van der Waals surface area (Å²) in [6.45, 7) is 0. The highest BCUT2D eigenvalue weighted by Gasteiger charge is 2.20. The van der Waals surface area contributed by atoms with Crippen molar-refractivity contribution in [3.05, 3.63) is 102 Å². The van der Waals surface area contributed by atoms with Gasteiger partial charge in [-0.25, -0.2) is 8.78 Å². The van der Waals surface area contributed by atoms with Gasteiger partial charge >= 0.3 is 0 Å². The minimum atomic E-state index is -0.393. The van der Waals surface area contributed by atoms with Gasteiger partial charge in [0.1, 0.15) is 17.3 Å². The third kappa shape index (κ3) is 2.72. The van der Waals surface area contributed by atoms with Crippen LogP contribution in [-0.2, 0) is 0 Å². The Hall–Kier alpha value is -3.27. The minimum Gasteiger partial charge on any atom is -0.313 e. The lowest BCUT2D eigenvalue weighted by atomic mass is 10.0. The molecule has 2 aromatic carbocycles. The Balaban J connectivity index is 1.94. The monoisotopic (exact) mass is 333 g/mol. The zero-order valence-corrected chi connectivity index (χ0v) is 13.1. The van der Waals surface area contributed by atoms with Crippen LogP contribution < -0.4 is 0 Å². The number of carbonyl (C=O) groups excluding carboxylic acids is 1. The third-order valence-corrected chi connectivity index (χ3v) is 4.16. The summed E-state index contributed by atoms with van der Waals surface area (Å²) in [5.41, 5.74) is 3.17. The van der Waals surface area contributed by atoms with E-state index in [2.05, 4.69) is 0 Å². The van der Waals surface area contributed by atoms with Crippen LogP contribution in [0.15, 0.2) is 79.0 Å². The van der Waals surface area contributed by atoms with Crippen molar-refractivity contribution < 1.29 is 13.6 Å². The zero-order chi connectivity index (χ0) is 17.4. The fourth-order valence-corrected chi connectivity index (χ4v) is 2.94. The first-order valence-electron chi connectivity index (χ1n) is 7.80. The smallest absolute Gasteiger partial charge is 0.210 e. The Kier molecular flexibility index (Phi) is 3.65.